The van der Waals surface area contributed by atoms with Crippen LogP contribution in [0.4, 0.5) is 0 Å². The van der Waals surface area contributed by atoms with E-state index in [1.807, 2.05) is 34.6 Å². The first-order valence-corrected chi connectivity index (χ1v) is 7.16. The average molecular weight is 274 g/mol. The number of carboxylic acid groups (broad SMARTS) is 2. The lowest BCUT2D eigenvalue weighted by atomic mass is 9.80. The minimum absolute atomic E-state index is 0.458. The largest absolute Gasteiger partial charge is 0.481 e. The van der Waals surface area contributed by atoms with E-state index in [1.165, 1.54) is 0 Å². The molecule has 0 saturated carbocycles. The van der Waals surface area contributed by atoms with Crippen molar-refractivity contribution in [2.45, 2.75) is 73.6 Å². The molecule has 0 rings (SSSR count). The Bertz CT molecular complexity index is 268. The Morgan fingerprint density at radius 2 is 1.05 bits per heavy atom. The van der Waals surface area contributed by atoms with Crippen molar-refractivity contribution in [1.82, 2.24) is 0 Å². The summed E-state index contributed by atoms with van der Waals surface area (Å²) in [6, 6.07) is 0. The van der Waals surface area contributed by atoms with Crippen LogP contribution >= 0.6 is 0 Å². The summed E-state index contributed by atoms with van der Waals surface area (Å²) in [6.45, 7) is 11.4. The van der Waals surface area contributed by atoms with Crippen LogP contribution in [0.15, 0.2) is 0 Å². The van der Waals surface area contributed by atoms with Crippen molar-refractivity contribution in [2.75, 3.05) is 0 Å². The molecule has 0 bridgehead atoms. The SMILES string of the molecule is CCC(C)(CC)C(=O)O.CCC(CC)(CC)C(=O)O. The van der Waals surface area contributed by atoms with Crippen LogP contribution in [0.3, 0.4) is 0 Å². The van der Waals surface area contributed by atoms with Crippen LogP contribution in [0.5, 0.6) is 0 Å². The van der Waals surface area contributed by atoms with Crippen molar-refractivity contribution in [3.8, 4) is 0 Å². The summed E-state index contributed by atoms with van der Waals surface area (Å²) in [4.78, 5) is 21.2. The second-order valence-corrected chi connectivity index (χ2v) is 5.22. The topological polar surface area (TPSA) is 74.6 Å². The summed E-state index contributed by atoms with van der Waals surface area (Å²) in [5, 5.41) is 17.5. The molecule has 114 valence electrons. The van der Waals surface area contributed by atoms with Crippen LogP contribution in [-0.4, -0.2) is 22.2 Å². The Hall–Kier alpha value is -1.06. The summed E-state index contributed by atoms with van der Waals surface area (Å²) in [7, 11) is 0. The van der Waals surface area contributed by atoms with Gasteiger partial charge in [-0.15, -0.1) is 0 Å². The lowest BCUT2D eigenvalue weighted by molar-refractivity contribution is -0.150. The quantitative estimate of drug-likeness (QED) is 0.730. The van der Waals surface area contributed by atoms with Crippen molar-refractivity contribution < 1.29 is 19.8 Å². The molecule has 0 aromatic carbocycles. The zero-order valence-electron chi connectivity index (χ0n) is 13.2. The highest BCUT2D eigenvalue weighted by Crippen LogP contribution is 2.30. The smallest absolute Gasteiger partial charge is 0.309 e. The third-order valence-electron chi connectivity index (χ3n) is 4.56. The third-order valence-corrected chi connectivity index (χ3v) is 4.56. The molecule has 0 aliphatic heterocycles. The van der Waals surface area contributed by atoms with Crippen LogP contribution in [0.2, 0.25) is 0 Å². The van der Waals surface area contributed by atoms with Crippen LogP contribution in [0, 0.1) is 10.8 Å². The third kappa shape index (κ3) is 5.62. The molecule has 0 fully saturated rings. The predicted octanol–water partition coefficient (Wildman–Crippen LogP) is 4.18. The monoisotopic (exact) mass is 274 g/mol. The van der Waals surface area contributed by atoms with Gasteiger partial charge in [-0.25, -0.2) is 0 Å². The highest BCUT2D eigenvalue weighted by Gasteiger charge is 2.32. The molecule has 2 N–H and O–H groups in total. The number of hydrogen-bond donors (Lipinski definition) is 2. The fourth-order valence-electron chi connectivity index (χ4n) is 1.76. The molecule has 4 heteroatoms. The van der Waals surface area contributed by atoms with Gasteiger partial charge in [-0.1, -0.05) is 34.6 Å². The van der Waals surface area contributed by atoms with Crippen LogP contribution in [-0.2, 0) is 9.59 Å². The van der Waals surface area contributed by atoms with E-state index in [1.54, 1.807) is 6.92 Å². The molecule has 0 aromatic heterocycles. The second-order valence-electron chi connectivity index (χ2n) is 5.22. The Kier molecular flexibility index (Phi) is 9.54. The highest BCUT2D eigenvalue weighted by molar-refractivity contribution is 5.74. The molecule has 0 saturated heterocycles. The van der Waals surface area contributed by atoms with Crippen molar-refractivity contribution in [3.05, 3.63) is 0 Å². The van der Waals surface area contributed by atoms with E-state index >= 15 is 0 Å². The van der Waals surface area contributed by atoms with Crippen molar-refractivity contribution >= 4 is 11.9 Å². The minimum Gasteiger partial charge on any atom is -0.481 e. The van der Waals surface area contributed by atoms with Gasteiger partial charge in [0.25, 0.3) is 0 Å². The van der Waals surface area contributed by atoms with Gasteiger partial charge in [0, 0.05) is 0 Å². The van der Waals surface area contributed by atoms with Gasteiger partial charge in [-0.05, 0) is 39.0 Å². The fraction of sp³-hybridized carbons (Fsp3) is 0.867. The molecule has 0 unspecified atom stereocenters. The Morgan fingerprint density at radius 1 is 0.737 bits per heavy atom. The molecule has 0 heterocycles. The van der Waals surface area contributed by atoms with Crippen LogP contribution < -0.4 is 0 Å². The van der Waals surface area contributed by atoms with Crippen LogP contribution in [0.25, 0.3) is 0 Å². The van der Waals surface area contributed by atoms with E-state index in [0.717, 1.165) is 19.3 Å². The molecule has 0 aliphatic carbocycles. The summed E-state index contributed by atoms with van der Waals surface area (Å²) >= 11 is 0. The first-order valence-electron chi connectivity index (χ1n) is 7.16. The summed E-state index contributed by atoms with van der Waals surface area (Å²) in [5.74, 6) is -1.34. The Morgan fingerprint density at radius 3 is 1.05 bits per heavy atom. The summed E-state index contributed by atoms with van der Waals surface area (Å²) < 4.78 is 0. The van der Waals surface area contributed by atoms with E-state index in [-0.39, 0.29) is 0 Å². The summed E-state index contributed by atoms with van der Waals surface area (Å²) in [5.41, 5.74) is -0.958. The average Bonchev–Trinajstić information content (AvgIpc) is 2.40. The van der Waals surface area contributed by atoms with Crippen molar-refractivity contribution in [2.24, 2.45) is 10.8 Å². The maximum atomic E-state index is 10.7. The lowest BCUT2D eigenvalue weighted by Crippen LogP contribution is -2.28. The Labute approximate surface area is 117 Å². The molecule has 0 radical (unpaired) electrons. The van der Waals surface area contributed by atoms with Crippen molar-refractivity contribution in [3.63, 3.8) is 0 Å². The van der Waals surface area contributed by atoms with Gasteiger partial charge in [-0.2, -0.15) is 0 Å². The van der Waals surface area contributed by atoms with Gasteiger partial charge in [0.2, 0.25) is 0 Å². The van der Waals surface area contributed by atoms with Gasteiger partial charge in [0.1, 0.15) is 0 Å². The molecule has 4 nitrogen and oxygen atoms in total. The highest BCUT2D eigenvalue weighted by atomic mass is 16.4. The zero-order valence-corrected chi connectivity index (χ0v) is 13.2. The Balaban J connectivity index is 0. The maximum Gasteiger partial charge on any atom is 0.309 e. The number of aliphatic carboxylic acids is 2. The predicted molar refractivity (Wildman–Crippen MR) is 77.3 cm³/mol. The number of carbonyl (C=O) groups is 2. The van der Waals surface area contributed by atoms with Crippen LogP contribution in [0.1, 0.15) is 73.6 Å². The molecular formula is C15H30O4. The van der Waals surface area contributed by atoms with Gasteiger partial charge in [0.15, 0.2) is 0 Å². The van der Waals surface area contributed by atoms with Crippen molar-refractivity contribution in [1.29, 1.82) is 0 Å². The number of carboxylic acids is 2. The molecule has 0 aliphatic rings. The first-order chi connectivity index (χ1) is 8.69. The van der Waals surface area contributed by atoms with Gasteiger partial charge >= 0.3 is 11.9 Å². The first kappa shape index (κ1) is 20.3. The fourth-order valence-corrected chi connectivity index (χ4v) is 1.76. The van der Waals surface area contributed by atoms with E-state index in [9.17, 15) is 9.59 Å². The minimum atomic E-state index is -0.687. The number of hydrogen-bond acceptors (Lipinski definition) is 2. The molecule has 0 atom stereocenters. The molecule has 0 amide bonds. The lowest BCUT2D eigenvalue weighted by Gasteiger charge is -2.24. The van der Waals surface area contributed by atoms with Gasteiger partial charge < -0.3 is 10.2 Å². The van der Waals surface area contributed by atoms with E-state index < -0.39 is 22.8 Å². The number of rotatable bonds is 7. The molecule has 19 heavy (non-hydrogen) atoms. The standard InChI is InChI=1S/C8H16O2.C7H14O2/c1-4-8(5-2,6-3)7(9)10;1-4-7(3,5-2)6(8)9/h4-6H2,1-3H3,(H,9,10);4-5H2,1-3H3,(H,8,9). The molecular weight excluding hydrogens is 244 g/mol. The van der Waals surface area contributed by atoms with E-state index in [4.69, 9.17) is 10.2 Å². The summed E-state index contributed by atoms with van der Waals surface area (Å²) in [6.07, 6.45) is 3.61. The maximum absolute atomic E-state index is 10.7. The zero-order chi connectivity index (χ0) is 15.7. The normalized spacial score (nSPS) is 11.5. The van der Waals surface area contributed by atoms with E-state index in [0.29, 0.717) is 12.8 Å². The van der Waals surface area contributed by atoms with E-state index in [2.05, 4.69) is 0 Å². The molecule has 0 aromatic rings. The second kappa shape index (κ2) is 8.94. The van der Waals surface area contributed by atoms with Gasteiger partial charge in [-0.3, -0.25) is 9.59 Å². The van der Waals surface area contributed by atoms with Gasteiger partial charge in [0.05, 0.1) is 10.8 Å². The molecule has 0 spiro atoms.